The van der Waals surface area contributed by atoms with E-state index in [1.165, 1.54) is 12.8 Å². The molecule has 3 rings (SSSR count). The first-order valence-electron chi connectivity index (χ1n) is 8.47. The van der Waals surface area contributed by atoms with Gasteiger partial charge in [-0.3, -0.25) is 0 Å². The number of furan rings is 1. The van der Waals surface area contributed by atoms with Crippen molar-refractivity contribution in [2.45, 2.75) is 38.8 Å². The number of carbonyl (C=O) groups excluding carboxylic acids is 1. The molecule has 24 heavy (non-hydrogen) atoms. The lowest BCUT2D eigenvalue weighted by atomic mass is 10.2. The van der Waals surface area contributed by atoms with Gasteiger partial charge >= 0.3 is 6.03 Å². The highest BCUT2D eigenvalue weighted by atomic mass is 16.3. The molecule has 1 aliphatic rings. The molecule has 2 N–H and O–H groups in total. The van der Waals surface area contributed by atoms with Crippen LogP contribution in [-0.2, 0) is 13.0 Å². The van der Waals surface area contributed by atoms with Crippen molar-refractivity contribution in [1.29, 1.82) is 0 Å². The fourth-order valence-corrected chi connectivity index (χ4v) is 2.93. The van der Waals surface area contributed by atoms with Crippen LogP contribution in [0.2, 0.25) is 0 Å². The lowest BCUT2D eigenvalue weighted by Gasteiger charge is -2.17. The predicted molar refractivity (Wildman–Crippen MR) is 92.9 cm³/mol. The van der Waals surface area contributed by atoms with Gasteiger partial charge in [-0.15, -0.1) is 0 Å². The van der Waals surface area contributed by atoms with Crippen LogP contribution in [-0.4, -0.2) is 30.1 Å². The SMILES string of the molecule is C[C@H](Cc1ccco1)NC(=O)NCc1ccnc(N2CCCC2)c1. The van der Waals surface area contributed by atoms with E-state index < -0.39 is 0 Å². The summed E-state index contributed by atoms with van der Waals surface area (Å²) < 4.78 is 5.29. The molecular formula is C18H24N4O2. The second-order valence-electron chi connectivity index (χ2n) is 6.23. The summed E-state index contributed by atoms with van der Waals surface area (Å²) in [6.45, 7) is 4.58. The van der Waals surface area contributed by atoms with Gasteiger partial charge in [0.2, 0.25) is 0 Å². The van der Waals surface area contributed by atoms with Crippen LogP contribution < -0.4 is 15.5 Å². The van der Waals surface area contributed by atoms with Gasteiger partial charge < -0.3 is 20.0 Å². The van der Waals surface area contributed by atoms with Crippen molar-refractivity contribution in [1.82, 2.24) is 15.6 Å². The number of aromatic nitrogens is 1. The third-order valence-corrected chi connectivity index (χ3v) is 4.16. The first-order chi connectivity index (χ1) is 11.7. The summed E-state index contributed by atoms with van der Waals surface area (Å²) in [5, 5.41) is 5.82. The molecule has 0 aliphatic carbocycles. The number of hydrogen-bond donors (Lipinski definition) is 2. The first kappa shape index (κ1) is 16.4. The molecule has 0 saturated carbocycles. The topological polar surface area (TPSA) is 70.4 Å². The largest absolute Gasteiger partial charge is 0.469 e. The Bertz CT molecular complexity index is 651. The number of hydrogen-bond acceptors (Lipinski definition) is 4. The highest BCUT2D eigenvalue weighted by molar-refractivity contribution is 5.74. The van der Waals surface area contributed by atoms with E-state index in [9.17, 15) is 4.79 Å². The number of carbonyl (C=O) groups is 1. The van der Waals surface area contributed by atoms with Crippen LogP contribution in [0.3, 0.4) is 0 Å². The molecule has 6 heteroatoms. The molecule has 0 bridgehead atoms. The van der Waals surface area contributed by atoms with Crippen molar-refractivity contribution in [3.8, 4) is 0 Å². The van der Waals surface area contributed by atoms with E-state index in [-0.39, 0.29) is 12.1 Å². The normalized spacial score (nSPS) is 15.3. The number of amides is 2. The molecule has 1 fully saturated rings. The van der Waals surface area contributed by atoms with Gasteiger partial charge in [-0.2, -0.15) is 0 Å². The second kappa shape index (κ2) is 7.86. The van der Waals surface area contributed by atoms with E-state index in [4.69, 9.17) is 4.42 Å². The van der Waals surface area contributed by atoms with Gasteiger partial charge in [0, 0.05) is 38.3 Å². The number of pyridine rings is 1. The minimum absolute atomic E-state index is 0.00810. The van der Waals surface area contributed by atoms with Crippen molar-refractivity contribution in [3.63, 3.8) is 0 Å². The minimum Gasteiger partial charge on any atom is -0.469 e. The Hall–Kier alpha value is -2.50. The maximum atomic E-state index is 12.0. The Morgan fingerprint density at radius 2 is 2.21 bits per heavy atom. The van der Waals surface area contributed by atoms with Gasteiger partial charge in [0.15, 0.2) is 0 Å². The molecule has 128 valence electrons. The number of rotatable bonds is 6. The zero-order valence-corrected chi connectivity index (χ0v) is 14.0. The maximum Gasteiger partial charge on any atom is 0.315 e. The zero-order valence-electron chi connectivity index (χ0n) is 14.0. The Balaban J connectivity index is 1.46. The van der Waals surface area contributed by atoms with Crippen LogP contribution in [0.4, 0.5) is 10.6 Å². The number of anilines is 1. The first-order valence-corrected chi connectivity index (χ1v) is 8.47. The number of nitrogens with one attached hydrogen (secondary N) is 2. The summed E-state index contributed by atoms with van der Waals surface area (Å²) in [7, 11) is 0. The fourth-order valence-electron chi connectivity index (χ4n) is 2.93. The van der Waals surface area contributed by atoms with Crippen molar-refractivity contribution < 1.29 is 9.21 Å². The van der Waals surface area contributed by atoms with Crippen molar-refractivity contribution in [2.24, 2.45) is 0 Å². The van der Waals surface area contributed by atoms with Crippen LogP contribution in [0.5, 0.6) is 0 Å². The highest BCUT2D eigenvalue weighted by Gasteiger charge is 2.14. The third-order valence-electron chi connectivity index (χ3n) is 4.16. The van der Waals surface area contributed by atoms with Gasteiger partial charge in [0.05, 0.1) is 6.26 Å². The fraction of sp³-hybridized carbons (Fsp3) is 0.444. The van der Waals surface area contributed by atoms with E-state index in [2.05, 4.69) is 26.6 Å². The molecule has 2 aromatic rings. The monoisotopic (exact) mass is 328 g/mol. The summed E-state index contributed by atoms with van der Waals surface area (Å²) in [6.07, 6.45) is 6.57. The second-order valence-corrected chi connectivity index (χ2v) is 6.23. The van der Waals surface area contributed by atoms with Crippen LogP contribution in [0.25, 0.3) is 0 Å². The van der Waals surface area contributed by atoms with E-state index in [0.29, 0.717) is 13.0 Å². The van der Waals surface area contributed by atoms with E-state index in [0.717, 1.165) is 30.2 Å². The smallest absolute Gasteiger partial charge is 0.315 e. The summed E-state index contributed by atoms with van der Waals surface area (Å²) in [5.41, 5.74) is 1.06. The number of urea groups is 1. The van der Waals surface area contributed by atoms with Crippen LogP contribution in [0.15, 0.2) is 41.1 Å². The van der Waals surface area contributed by atoms with E-state index in [1.54, 1.807) is 6.26 Å². The summed E-state index contributed by atoms with van der Waals surface area (Å²) in [4.78, 5) is 18.7. The molecule has 2 aromatic heterocycles. The van der Waals surface area contributed by atoms with Gasteiger partial charge in [0.1, 0.15) is 11.6 Å². The zero-order chi connectivity index (χ0) is 16.8. The van der Waals surface area contributed by atoms with Crippen LogP contribution in [0.1, 0.15) is 31.1 Å². The Kier molecular flexibility index (Phi) is 5.36. The molecule has 6 nitrogen and oxygen atoms in total. The lowest BCUT2D eigenvalue weighted by Crippen LogP contribution is -2.41. The molecule has 0 spiro atoms. The summed E-state index contributed by atoms with van der Waals surface area (Å²) >= 11 is 0. The highest BCUT2D eigenvalue weighted by Crippen LogP contribution is 2.18. The molecular weight excluding hydrogens is 304 g/mol. The Morgan fingerprint density at radius 1 is 1.38 bits per heavy atom. The third kappa shape index (κ3) is 4.50. The average Bonchev–Trinajstić information content (AvgIpc) is 3.26. The molecule has 0 aromatic carbocycles. The Morgan fingerprint density at radius 3 is 2.96 bits per heavy atom. The lowest BCUT2D eigenvalue weighted by molar-refractivity contribution is 0.237. The van der Waals surface area contributed by atoms with Crippen molar-refractivity contribution in [2.75, 3.05) is 18.0 Å². The van der Waals surface area contributed by atoms with Crippen molar-refractivity contribution in [3.05, 3.63) is 48.0 Å². The quantitative estimate of drug-likeness (QED) is 0.855. The van der Waals surface area contributed by atoms with Gasteiger partial charge in [0.25, 0.3) is 0 Å². The minimum atomic E-state index is -0.173. The van der Waals surface area contributed by atoms with E-state index in [1.807, 2.05) is 31.3 Å². The molecule has 2 amide bonds. The molecule has 1 aliphatic heterocycles. The van der Waals surface area contributed by atoms with E-state index >= 15 is 0 Å². The predicted octanol–water partition coefficient (Wildman–Crippen LogP) is 2.71. The summed E-state index contributed by atoms with van der Waals surface area (Å²) in [6, 6.07) is 7.59. The molecule has 3 heterocycles. The molecule has 1 saturated heterocycles. The van der Waals surface area contributed by atoms with Crippen LogP contribution in [0, 0.1) is 0 Å². The van der Waals surface area contributed by atoms with Gasteiger partial charge in [-0.05, 0) is 49.6 Å². The van der Waals surface area contributed by atoms with Gasteiger partial charge in [-0.1, -0.05) is 0 Å². The van der Waals surface area contributed by atoms with Crippen molar-refractivity contribution >= 4 is 11.8 Å². The molecule has 1 atom stereocenters. The maximum absolute atomic E-state index is 12.0. The average molecular weight is 328 g/mol. The standard InChI is InChI=1S/C18H24N4O2/c1-14(11-16-5-4-10-24-16)21-18(23)20-13-15-6-7-19-17(12-15)22-8-2-3-9-22/h4-7,10,12,14H,2-3,8-9,11,13H2,1H3,(H2,20,21,23)/t14-/m1/s1. The van der Waals surface area contributed by atoms with Crippen LogP contribution >= 0.6 is 0 Å². The summed E-state index contributed by atoms with van der Waals surface area (Å²) in [5.74, 6) is 1.87. The molecule has 0 radical (unpaired) electrons. The van der Waals surface area contributed by atoms with Gasteiger partial charge in [-0.25, -0.2) is 9.78 Å². The molecule has 0 unspecified atom stereocenters. The Labute approximate surface area is 142 Å². The number of nitrogens with zero attached hydrogens (tertiary/aromatic N) is 2.